The standard InChI is InChI=1S/C17H14N2O6S/c1-2-25-17(20)15-11-12-7-3-4-8-13(12)18(15)26(23,24)16-10-6-5-9-14(16)19(21)22/h3-11H,2H2,1H3. The second kappa shape index (κ2) is 6.60. The van der Waals surface area contributed by atoms with Crippen molar-refractivity contribution >= 4 is 32.6 Å². The van der Waals surface area contributed by atoms with Gasteiger partial charge < -0.3 is 4.74 Å². The molecular weight excluding hydrogens is 360 g/mol. The largest absolute Gasteiger partial charge is 0.461 e. The molecule has 26 heavy (non-hydrogen) atoms. The summed E-state index contributed by atoms with van der Waals surface area (Å²) < 4.78 is 32.2. The van der Waals surface area contributed by atoms with Crippen molar-refractivity contribution in [1.82, 2.24) is 3.97 Å². The lowest BCUT2D eigenvalue weighted by molar-refractivity contribution is -0.387. The molecule has 9 heteroatoms. The summed E-state index contributed by atoms with van der Waals surface area (Å²) >= 11 is 0. The van der Waals surface area contributed by atoms with Crippen LogP contribution in [0, 0.1) is 10.1 Å². The molecule has 3 aromatic rings. The Morgan fingerprint density at radius 3 is 2.50 bits per heavy atom. The van der Waals surface area contributed by atoms with Gasteiger partial charge in [0.25, 0.3) is 15.7 Å². The van der Waals surface area contributed by atoms with Crippen molar-refractivity contribution < 1.29 is 22.9 Å². The van der Waals surface area contributed by atoms with Gasteiger partial charge in [-0.2, -0.15) is 0 Å². The molecule has 0 saturated carbocycles. The molecule has 0 saturated heterocycles. The SMILES string of the molecule is CCOC(=O)c1cc2ccccc2n1S(=O)(=O)c1ccccc1[N+](=O)[O-]. The van der Waals surface area contributed by atoms with Gasteiger partial charge in [0.15, 0.2) is 4.90 Å². The zero-order chi connectivity index (χ0) is 18.9. The Morgan fingerprint density at radius 2 is 1.81 bits per heavy atom. The summed E-state index contributed by atoms with van der Waals surface area (Å²) in [5, 5.41) is 11.8. The second-order valence-electron chi connectivity index (χ2n) is 5.30. The van der Waals surface area contributed by atoms with Crippen LogP contribution in [0.25, 0.3) is 10.9 Å². The number of para-hydroxylation sites is 2. The highest BCUT2D eigenvalue weighted by atomic mass is 32.2. The maximum atomic E-state index is 13.2. The van der Waals surface area contributed by atoms with Gasteiger partial charge in [0.1, 0.15) is 5.69 Å². The molecule has 1 heterocycles. The van der Waals surface area contributed by atoms with E-state index in [1.54, 1.807) is 25.1 Å². The van der Waals surface area contributed by atoms with Crippen LogP contribution in [-0.4, -0.2) is 29.9 Å². The lowest BCUT2D eigenvalue weighted by Crippen LogP contribution is -2.20. The molecule has 3 rings (SSSR count). The molecule has 0 aliphatic rings. The molecule has 0 aliphatic carbocycles. The van der Waals surface area contributed by atoms with Crippen LogP contribution in [0.5, 0.6) is 0 Å². The molecule has 0 radical (unpaired) electrons. The summed E-state index contributed by atoms with van der Waals surface area (Å²) in [5.41, 5.74) is -0.556. The van der Waals surface area contributed by atoms with E-state index in [2.05, 4.69) is 0 Å². The monoisotopic (exact) mass is 374 g/mol. The van der Waals surface area contributed by atoms with Crippen LogP contribution in [0.1, 0.15) is 17.4 Å². The maximum Gasteiger partial charge on any atom is 0.356 e. The minimum absolute atomic E-state index is 0.0614. The highest BCUT2D eigenvalue weighted by molar-refractivity contribution is 7.90. The Hall–Kier alpha value is -3.20. The van der Waals surface area contributed by atoms with Crippen LogP contribution < -0.4 is 0 Å². The van der Waals surface area contributed by atoms with Gasteiger partial charge in [0, 0.05) is 11.5 Å². The zero-order valence-corrected chi connectivity index (χ0v) is 14.5. The predicted molar refractivity (Wildman–Crippen MR) is 93.6 cm³/mol. The number of carbonyl (C=O) groups is 1. The number of aromatic nitrogens is 1. The summed E-state index contributed by atoms with van der Waals surface area (Å²) in [7, 11) is -4.42. The number of rotatable bonds is 5. The van der Waals surface area contributed by atoms with E-state index in [1.807, 2.05) is 0 Å². The van der Waals surface area contributed by atoms with E-state index in [9.17, 15) is 23.3 Å². The number of fused-ring (bicyclic) bond motifs is 1. The Balaban J connectivity index is 2.35. The van der Waals surface area contributed by atoms with Gasteiger partial charge in [-0.15, -0.1) is 0 Å². The first-order valence-corrected chi connectivity index (χ1v) is 9.08. The molecule has 8 nitrogen and oxygen atoms in total. The fraction of sp³-hybridized carbons (Fsp3) is 0.118. The van der Waals surface area contributed by atoms with Crippen LogP contribution in [0.4, 0.5) is 5.69 Å². The van der Waals surface area contributed by atoms with Crippen LogP contribution in [0.2, 0.25) is 0 Å². The van der Waals surface area contributed by atoms with E-state index < -0.39 is 31.5 Å². The second-order valence-corrected chi connectivity index (χ2v) is 7.06. The number of benzene rings is 2. The molecule has 0 atom stereocenters. The summed E-state index contributed by atoms with van der Waals surface area (Å²) in [6, 6.07) is 12.8. The van der Waals surface area contributed by atoms with Crippen LogP contribution >= 0.6 is 0 Å². The fourth-order valence-electron chi connectivity index (χ4n) is 2.66. The van der Waals surface area contributed by atoms with E-state index in [1.165, 1.54) is 24.3 Å². The van der Waals surface area contributed by atoms with Gasteiger partial charge in [-0.1, -0.05) is 30.3 Å². The van der Waals surface area contributed by atoms with E-state index in [4.69, 9.17) is 4.74 Å². The summed E-state index contributed by atoms with van der Waals surface area (Å²) in [6.07, 6.45) is 0. The number of nitro benzene ring substituents is 1. The normalized spacial score (nSPS) is 11.4. The number of ether oxygens (including phenoxy) is 1. The van der Waals surface area contributed by atoms with Crippen molar-refractivity contribution in [2.75, 3.05) is 6.61 Å². The third-order valence-corrected chi connectivity index (χ3v) is 5.51. The van der Waals surface area contributed by atoms with Crippen molar-refractivity contribution in [1.29, 1.82) is 0 Å². The minimum Gasteiger partial charge on any atom is -0.461 e. The van der Waals surface area contributed by atoms with Crippen LogP contribution in [0.15, 0.2) is 59.5 Å². The Morgan fingerprint density at radius 1 is 1.15 bits per heavy atom. The Labute approximate surface area is 148 Å². The molecule has 0 aliphatic heterocycles. The fourth-order valence-corrected chi connectivity index (χ4v) is 4.33. The summed E-state index contributed by atoms with van der Waals surface area (Å²) in [6.45, 7) is 1.66. The van der Waals surface area contributed by atoms with E-state index in [0.29, 0.717) is 5.39 Å². The molecule has 0 unspecified atom stereocenters. The number of nitro groups is 1. The first-order chi connectivity index (χ1) is 12.4. The molecule has 0 amide bonds. The molecule has 0 N–H and O–H groups in total. The van der Waals surface area contributed by atoms with Crippen LogP contribution in [0.3, 0.4) is 0 Å². The quantitative estimate of drug-likeness (QED) is 0.386. The number of hydrogen-bond acceptors (Lipinski definition) is 6. The molecule has 0 bridgehead atoms. The third kappa shape index (κ3) is 2.82. The van der Waals surface area contributed by atoms with Gasteiger partial charge in [-0.3, -0.25) is 10.1 Å². The molecule has 134 valence electrons. The predicted octanol–water partition coefficient (Wildman–Crippen LogP) is 2.96. The molecule has 2 aromatic carbocycles. The summed E-state index contributed by atoms with van der Waals surface area (Å²) in [4.78, 5) is 22.3. The molecular formula is C17H14N2O6S. The van der Waals surface area contributed by atoms with Crippen molar-refractivity contribution in [3.63, 3.8) is 0 Å². The first kappa shape index (κ1) is 17.6. The van der Waals surface area contributed by atoms with Gasteiger partial charge in [-0.05, 0) is 25.1 Å². The summed E-state index contributed by atoms with van der Waals surface area (Å²) in [5.74, 6) is -0.828. The van der Waals surface area contributed by atoms with Crippen molar-refractivity contribution in [2.24, 2.45) is 0 Å². The maximum absolute atomic E-state index is 13.2. The van der Waals surface area contributed by atoms with Gasteiger partial charge in [-0.25, -0.2) is 17.2 Å². The highest BCUT2D eigenvalue weighted by Gasteiger charge is 2.32. The van der Waals surface area contributed by atoms with Gasteiger partial charge in [0.05, 0.1) is 17.0 Å². The van der Waals surface area contributed by atoms with Gasteiger partial charge in [0.2, 0.25) is 0 Å². The number of hydrogen-bond donors (Lipinski definition) is 0. The number of nitrogens with zero attached hydrogens (tertiary/aromatic N) is 2. The van der Waals surface area contributed by atoms with Crippen molar-refractivity contribution in [2.45, 2.75) is 11.8 Å². The lowest BCUT2D eigenvalue weighted by atomic mass is 10.2. The Bertz CT molecular complexity index is 1120. The molecule has 0 spiro atoms. The topological polar surface area (TPSA) is 109 Å². The van der Waals surface area contributed by atoms with E-state index in [-0.39, 0.29) is 17.8 Å². The van der Waals surface area contributed by atoms with Gasteiger partial charge >= 0.3 is 5.97 Å². The van der Waals surface area contributed by atoms with Crippen molar-refractivity contribution in [3.8, 4) is 0 Å². The minimum atomic E-state index is -4.42. The van der Waals surface area contributed by atoms with Crippen molar-refractivity contribution in [3.05, 3.63) is 70.4 Å². The lowest BCUT2D eigenvalue weighted by Gasteiger charge is -2.11. The highest BCUT2D eigenvalue weighted by Crippen LogP contribution is 2.30. The average molecular weight is 374 g/mol. The van der Waals surface area contributed by atoms with E-state index in [0.717, 1.165) is 16.1 Å². The third-order valence-electron chi connectivity index (χ3n) is 3.73. The number of carbonyl (C=O) groups excluding carboxylic acids is 1. The molecule has 1 aromatic heterocycles. The smallest absolute Gasteiger partial charge is 0.356 e. The zero-order valence-electron chi connectivity index (χ0n) is 13.7. The molecule has 0 fully saturated rings. The van der Waals surface area contributed by atoms with Crippen LogP contribution in [-0.2, 0) is 14.8 Å². The first-order valence-electron chi connectivity index (χ1n) is 7.64. The number of esters is 1. The Kier molecular flexibility index (Phi) is 4.47. The average Bonchev–Trinajstić information content (AvgIpc) is 3.02. The van der Waals surface area contributed by atoms with E-state index >= 15 is 0 Å².